The second kappa shape index (κ2) is 6.51. The highest BCUT2D eigenvalue weighted by molar-refractivity contribution is 6.41. The largest absolute Gasteiger partial charge is 0.0827 e. The van der Waals surface area contributed by atoms with Crippen LogP contribution in [-0.4, -0.2) is 0 Å². The van der Waals surface area contributed by atoms with Gasteiger partial charge in [0.25, 0.3) is 0 Å². The molecule has 1 aromatic rings. The third kappa shape index (κ3) is 5.11. The van der Waals surface area contributed by atoms with Gasteiger partial charge in [0.05, 0.1) is 10.0 Å². The molecule has 0 bridgehead atoms. The molecule has 0 spiro atoms. The highest BCUT2D eigenvalue weighted by Gasteiger charge is 1.89. The van der Waals surface area contributed by atoms with E-state index in [2.05, 4.69) is 13.8 Å². The van der Waals surface area contributed by atoms with Crippen molar-refractivity contribution < 1.29 is 0 Å². The van der Waals surface area contributed by atoms with Crippen LogP contribution in [0.2, 0.25) is 10.0 Å². The van der Waals surface area contributed by atoms with Gasteiger partial charge in [-0.15, -0.1) is 0 Å². The van der Waals surface area contributed by atoms with E-state index in [-0.39, 0.29) is 0 Å². The van der Waals surface area contributed by atoms with Crippen molar-refractivity contribution in [3.05, 3.63) is 34.3 Å². The Morgan fingerprint density at radius 2 is 1.27 bits per heavy atom. The molecule has 0 unspecified atom stereocenters. The fraction of sp³-hybridized carbons (Fsp3) is 0.333. The predicted octanol–water partition coefficient (Wildman–Crippen LogP) is 4.41. The third-order valence-corrected chi connectivity index (χ3v) is 1.58. The summed E-state index contributed by atoms with van der Waals surface area (Å²) in [5.74, 6) is 0. The van der Waals surface area contributed by atoms with Crippen molar-refractivity contribution in [1.82, 2.24) is 0 Å². The van der Waals surface area contributed by atoms with Crippen molar-refractivity contribution in [2.75, 3.05) is 0 Å². The van der Waals surface area contributed by atoms with Crippen molar-refractivity contribution >= 4 is 23.2 Å². The van der Waals surface area contributed by atoms with E-state index in [1.54, 1.807) is 12.1 Å². The molecule has 0 saturated carbocycles. The van der Waals surface area contributed by atoms with E-state index in [1.807, 2.05) is 12.1 Å². The van der Waals surface area contributed by atoms with E-state index in [4.69, 9.17) is 23.2 Å². The van der Waals surface area contributed by atoms with E-state index < -0.39 is 0 Å². The maximum atomic E-state index is 5.58. The summed E-state index contributed by atoms with van der Waals surface area (Å²) in [6.07, 6.45) is 1.25. The standard InChI is InChI=1S/C6H4Cl2.C3H8/c7-5-3-1-2-4-6(5)8;1-3-2/h1-4H;3H2,1-2H3. The molecule has 0 aliphatic heterocycles. The predicted molar refractivity (Wildman–Crippen MR) is 52.4 cm³/mol. The summed E-state index contributed by atoms with van der Waals surface area (Å²) >= 11 is 11.2. The minimum atomic E-state index is 0.606. The first kappa shape index (κ1) is 10.8. The summed E-state index contributed by atoms with van der Waals surface area (Å²) in [5.41, 5.74) is 0. The molecule has 1 aromatic carbocycles. The molecule has 0 aromatic heterocycles. The summed E-state index contributed by atoms with van der Waals surface area (Å²) in [6.45, 7) is 4.25. The second-order valence-corrected chi connectivity index (χ2v) is 2.94. The van der Waals surface area contributed by atoms with Gasteiger partial charge < -0.3 is 0 Å². The summed E-state index contributed by atoms with van der Waals surface area (Å²) in [5, 5.41) is 1.21. The van der Waals surface area contributed by atoms with Crippen LogP contribution in [0.5, 0.6) is 0 Å². The molecule has 0 fully saturated rings. The van der Waals surface area contributed by atoms with Crippen molar-refractivity contribution in [2.45, 2.75) is 20.3 Å². The average molecular weight is 191 g/mol. The van der Waals surface area contributed by atoms with Gasteiger partial charge >= 0.3 is 0 Å². The van der Waals surface area contributed by atoms with Gasteiger partial charge in [-0.1, -0.05) is 55.6 Å². The molecule has 0 nitrogen and oxygen atoms in total. The van der Waals surface area contributed by atoms with Crippen LogP contribution in [-0.2, 0) is 0 Å². The normalized spacial score (nSPS) is 8.36. The van der Waals surface area contributed by atoms with Crippen LogP contribution < -0.4 is 0 Å². The molecule has 0 saturated heterocycles. The Hall–Kier alpha value is -0.200. The second-order valence-electron chi connectivity index (χ2n) is 2.12. The molecule has 0 amide bonds. The first-order valence-electron chi connectivity index (χ1n) is 3.62. The van der Waals surface area contributed by atoms with Crippen molar-refractivity contribution in [3.8, 4) is 0 Å². The van der Waals surface area contributed by atoms with E-state index >= 15 is 0 Å². The molecule has 0 atom stereocenters. The van der Waals surface area contributed by atoms with Gasteiger partial charge in [0.1, 0.15) is 0 Å². The SMILES string of the molecule is CCC.Clc1ccccc1Cl. The molecule has 0 heterocycles. The number of benzene rings is 1. The van der Waals surface area contributed by atoms with Crippen LogP contribution in [0.25, 0.3) is 0 Å². The van der Waals surface area contributed by atoms with E-state index in [0.717, 1.165) is 0 Å². The molecule has 11 heavy (non-hydrogen) atoms. The zero-order valence-corrected chi connectivity index (χ0v) is 8.28. The first-order chi connectivity index (χ1) is 5.22. The van der Waals surface area contributed by atoms with Gasteiger partial charge in [-0.25, -0.2) is 0 Å². The molecular weight excluding hydrogens is 179 g/mol. The van der Waals surface area contributed by atoms with Crippen molar-refractivity contribution in [2.24, 2.45) is 0 Å². The van der Waals surface area contributed by atoms with Gasteiger partial charge in [-0.05, 0) is 12.1 Å². The Bertz CT molecular complexity index is 176. The van der Waals surface area contributed by atoms with Gasteiger partial charge in [-0.2, -0.15) is 0 Å². The molecule has 0 aliphatic rings. The molecule has 0 N–H and O–H groups in total. The first-order valence-corrected chi connectivity index (χ1v) is 4.38. The Morgan fingerprint density at radius 3 is 1.45 bits per heavy atom. The highest BCUT2D eigenvalue weighted by Crippen LogP contribution is 2.19. The average Bonchev–Trinajstić information content (AvgIpc) is 1.97. The quantitative estimate of drug-likeness (QED) is 0.569. The minimum Gasteiger partial charge on any atom is -0.0827 e. The Morgan fingerprint density at radius 1 is 1.00 bits per heavy atom. The Balaban J connectivity index is 0.000000292. The summed E-state index contributed by atoms with van der Waals surface area (Å²) < 4.78 is 0. The lowest BCUT2D eigenvalue weighted by Crippen LogP contribution is -1.62. The molecule has 0 aliphatic carbocycles. The number of halogens is 2. The lowest BCUT2D eigenvalue weighted by Gasteiger charge is -1.88. The monoisotopic (exact) mass is 190 g/mol. The zero-order valence-electron chi connectivity index (χ0n) is 6.77. The van der Waals surface area contributed by atoms with E-state index in [0.29, 0.717) is 10.0 Å². The summed E-state index contributed by atoms with van der Waals surface area (Å²) in [4.78, 5) is 0. The van der Waals surface area contributed by atoms with E-state index in [1.165, 1.54) is 6.42 Å². The highest BCUT2D eigenvalue weighted by atomic mass is 35.5. The van der Waals surface area contributed by atoms with Gasteiger partial charge in [0.2, 0.25) is 0 Å². The lowest BCUT2D eigenvalue weighted by atomic mass is 10.4. The number of rotatable bonds is 0. The van der Waals surface area contributed by atoms with Crippen LogP contribution in [0.3, 0.4) is 0 Å². The van der Waals surface area contributed by atoms with Crippen LogP contribution in [0, 0.1) is 0 Å². The maximum absolute atomic E-state index is 5.58. The fourth-order valence-corrected chi connectivity index (χ4v) is 0.711. The lowest BCUT2D eigenvalue weighted by molar-refractivity contribution is 1.09. The molecule has 62 valence electrons. The molecular formula is C9H12Cl2. The number of hydrogen-bond donors (Lipinski definition) is 0. The zero-order chi connectivity index (χ0) is 8.69. The van der Waals surface area contributed by atoms with E-state index in [9.17, 15) is 0 Å². The van der Waals surface area contributed by atoms with Crippen LogP contribution >= 0.6 is 23.2 Å². The smallest absolute Gasteiger partial charge is 0.0592 e. The van der Waals surface area contributed by atoms with Crippen LogP contribution in [0.1, 0.15) is 20.3 Å². The Labute approximate surface area is 78.1 Å². The maximum Gasteiger partial charge on any atom is 0.0592 e. The summed E-state index contributed by atoms with van der Waals surface area (Å²) in [6, 6.07) is 7.19. The topological polar surface area (TPSA) is 0 Å². The number of hydrogen-bond acceptors (Lipinski definition) is 0. The van der Waals surface area contributed by atoms with Crippen LogP contribution in [0.15, 0.2) is 24.3 Å². The molecule has 1 rings (SSSR count). The molecule has 0 radical (unpaired) electrons. The van der Waals surface area contributed by atoms with Gasteiger partial charge in [0.15, 0.2) is 0 Å². The van der Waals surface area contributed by atoms with Gasteiger partial charge in [-0.3, -0.25) is 0 Å². The van der Waals surface area contributed by atoms with Crippen molar-refractivity contribution in [1.29, 1.82) is 0 Å². The summed E-state index contributed by atoms with van der Waals surface area (Å²) in [7, 11) is 0. The van der Waals surface area contributed by atoms with Crippen LogP contribution in [0.4, 0.5) is 0 Å². The third-order valence-electron chi connectivity index (χ3n) is 0.824. The Kier molecular flexibility index (Phi) is 6.39. The molecule has 2 heteroatoms. The fourth-order valence-electron chi connectivity index (χ4n) is 0.439. The minimum absolute atomic E-state index is 0.606. The van der Waals surface area contributed by atoms with Crippen molar-refractivity contribution in [3.63, 3.8) is 0 Å². The van der Waals surface area contributed by atoms with Gasteiger partial charge in [0, 0.05) is 0 Å².